The van der Waals surface area contributed by atoms with Gasteiger partial charge in [0.25, 0.3) is 0 Å². The van der Waals surface area contributed by atoms with Crippen LogP contribution in [0.1, 0.15) is 181 Å². The van der Waals surface area contributed by atoms with E-state index in [9.17, 15) is 14.7 Å². The Balaban J connectivity index is 3.61. The lowest BCUT2D eigenvalue weighted by Gasteiger charge is -2.15. The molecule has 0 bridgehead atoms. The largest absolute Gasteiger partial charge is 0.462 e. The van der Waals surface area contributed by atoms with Gasteiger partial charge in [-0.1, -0.05) is 153 Å². The molecule has 256 valence electrons. The molecule has 0 aliphatic heterocycles. The fraction of sp³-hybridized carbons (Fsp3) is 0.795. The highest BCUT2D eigenvalue weighted by Gasteiger charge is 2.16. The van der Waals surface area contributed by atoms with Crippen molar-refractivity contribution in [3.63, 3.8) is 0 Å². The van der Waals surface area contributed by atoms with E-state index in [0.717, 1.165) is 64.2 Å². The van der Waals surface area contributed by atoms with Crippen LogP contribution in [0.3, 0.4) is 0 Å². The number of hydrogen-bond acceptors (Lipinski definition) is 5. The topological polar surface area (TPSA) is 72.8 Å². The van der Waals surface area contributed by atoms with Crippen molar-refractivity contribution >= 4 is 11.9 Å². The van der Waals surface area contributed by atoms with Gasteiger partial charge in [-0.15, -0.1) is 0 Å². The number of allylic oxidation sites excluding steroid dienone is 6. The third-order valence-electron chi connectivity index (χ3n) is 7.94. The second-order valence-corrected chi connectivity index (χ2v) is 12.3. The van der Waals surface area contributed by atoms with E-state index >= 15 is 0 Å². The van der Waals surface area contributed by atoms with E-state index in [1.165, 1.54) is 89.9 Å². The molecule has 0 unspecified atom stereocenters. The Bertz CT molecular complexity index is 711. The first-order valence-electron chi connectivity index (χ1n) is 18.5. The van der Waals surface area contributed by atoms with Gasteiger partial charge < -0.3 is 14.6 Å². The van der Waals surface area contributed by atoms with Crippen LogP contribution in [0.4, 0.5) is 0 Å². The van der Waals surface area contributed by atoms with Crippen molar-refractivity contribution in [2.24, 2.45) is 0 Å². The molecule has 0 aliphatic carbocycles. The van der Waals surface area contributed by atoms with Crippen LogP contribution in [-0.2, 0) is 19.1 Å². The van der Waals surface area contributed by atoms with Crippen molar-refractivity contribution in [2.75, 3.05) is 13.2 Å². The van der Waals surface area contributed by atoms with E-state index in [4.69, 9.17) is 9.47 Å². The van der Waals surface area contributed by atoms with E-state index in [-0.39, 0.29) is 25.2 Å². The molecule has 1 N–H and O–H groups in total. The molecule has 0 aromatic heterocycles. The quantitative estimate of drug-likeness (QED) is 0.0450. The molecule has 0 saturated heterocycles. The summed E-state index contributed by atoms with van der Waals surface area (Å²) in [6.45, 7) is 4.08. The van der Waals surface area contributed by atoms with Crippen LogP contribution >= 0.6 is 0 Å². The van der Waals surface area contributed by atoms with Crippen molar-refractivity contribution in [2.45, 2.75) is 187 Å². The van der Waals surface area contributed by atoms with Crippen molar-refractivity contribution in [1.82, 2.24) is 0 Å². The maximum atomic E-state index is 12.1. The third kappa shape index (κ3) is 33.0. The lowest BCUT2D eigenvalue weighted by atomic mass is 10.0. The lowest BCUT2D eigenvalue weighted by Crippen LogP contribution is -2.28. The Morgan fingerprint density at radius 1 is 0.523 bits per heavy atom. The lowest BCUT2D eigenvalue weighted by molar-refractivity contribution is -0.161. The molecule has 0 amide bonds. The molecule has 1 atom stereocenters. The zero-order valence-electron chi connectivity index (χ0n) is 28.9. The summed E-state index contributed by atoms with van der Waals surface area (Å²) in [5, 5.41) is 9.52. The number of unbranched alkanes of at least 4 members (excludes halogenated alkanes) is 19. The van der Waals surface area contributed by atoms with Crippen molar-refractivity contribution in [1.29, 1.82) is 0 Å². The average Bonchev–Trinajstić information content (AvgIpc) is 3.02. The molecule has 0 spiro atoms. The van der Waals surface area contributed by atoms with Gasteiger partial charge in [0.05, 0.1) is 6.61 Å². The number of rotatable bonds is 33. The van der Waals surface area contributed by atoms with Gasteiger partial charge in [0.2, 0.25) is 0 Å². The molecule has 5 nitrogen and oxygen atoms in total. The van der Waals surface area contributed by atoms with Gasteiger partial charge in [0.15, 0.2) is 6.10 Å². The fourth-order valence-electron chi connectivity index (χ4n) is 5.09. The van der Waals surface area contributed by atoms with Crippen molar-refractivity contribution < 1.29 is 24.2 Å². The second-order valence-electron chi connectivity index (χ2n) is 12.3. The van der Waals surface area contributed by atoms with E-state index in [0.29, 0.717) is 12.8 Å². The number of hydrogen-bond donors (Lipinski definition) is 1. The minimum atomic E-state index is -0.779. The number of carbonyl (C=O) groups excluding carboxylic acids is 2. The van der Waals surface area contributed by atoms with Gasteiger partial charge >= 0.3 is 11.9 Å². The summed E-state index contributed by atoms with van der Waals surface area (Å²) in [5.41, 5.74) is 0. The fourth-order valence-corrected chi connectivity index (χ4v) is 5.09. The third-order valence-corrected chi connectivity index (χ3v) is 7.94. The summed E-state index contributed by atoms with van der Waals surface area (Å²) in [5.74, 6) is -0.614. The molecule has 0 aromatic carbocycles. The van der Waals surface area contributed by atoms with Gasteiger partial charge in [-0.2, -0.15) is 0 Å². The van der Waals surface area contributed by atoms with Crippen molar-refractivity contribution in [3.8, 4) is 0 Å². The summed E-state index contributed by atoms with van der Waals surface area (Å²) < 4.78 is 10.6. The Labute approximate surface area is 272 Å². The van der Waals surface area contributed by atoms with Gasteiger partial charge in [0.1, 0.15) is 6.61 Å². The Morgan fingerprint density at radius 2 is 0.909 bits per heavy atom. The highest BCUT2D eigenvalue weighted by molar-refractivity contribution is 5.70. The Hall–Kier alpha value is -1.88. The van der Waals surface area contributed by atoms with Crippen LogP contribution < -0.4 is 0 Å². The maximum absolute atomic E-state index is 12.1. The molecule has 0 radical (unpaired) electrons. The molecule has 0 aliphatic rings. The SMILES string of the molecule is CCCCC/C=C/C/C=C/C/C=C/CCCCCCC(=O)O[C@@H](CO)COC(=O)CCCCCCCCCCCCCCC. The number of esters is 2. The molecular formula is C39H70O5. The van der Waals surface area contributed by atoms with Gasteiger partial charge in [-0.3, -0.25) is 9.59 Å². The zero-order chi connectivity index (χ0) is 32.2. The van der Waals surface area contributed by atoms with E-state index < -0.39 is 6.10 Å². The molecule has 0 aromatic rings. The standard InChI is InChI=1S/C39H70O5/c1-3-5-7-9-11-13-15-17-18-19-20-22-24-26-28-30-32-34-39(42)44-37(35-40)36-43-38(41)33-31-29-27-25-23-21-16-14-12-10-8-6-4-2/h11,13,17-18,20,22,37,40H,3-10,12,14-16,19,21,23-36H2,1-2H3/b13-11+,18-17+,22-20+/t37-/m0/s1. The molecule has 0 fully saturated rings. The van der Waals surface area contributed by atoms with Crippen molar-refractivity contribution in [3.05, 3.63) is 36.5 Å². The minimum absolute atomic E-state index is 0.0726. The molecule has 44 heavy (non-hydrogen) atoms. The molecule has 0 saturated carbocycles. The van der Waals surface area contributed by atoms with Gasteiger partial charge in [0, 0.05) is 12.8 Å². The van der Waals surface area contributed by atoms with E-state index in [1.807, 2.05) is 0 Å². The van der Waals surface area contributed by atoms with E-state index in [1.54, 1.807) is 0 Å². The summed E-state index contributed by atoms with van der Waals surface area (Å²) in [6, 6.07) is 0. The Morgan fingerprint density at radius 3 is 1.41 bits per heavy atom. The molecule has 5 heteroatoms. The first-order valence-corrected chi connectivity index (χ1v) is 18.5. The van der Waals surface area contributed by atoms with Gasteiger partial charge in [-0.05, 0) is 51.4 Å². The highest BCUT2D eigenvalue weighted by Crippen LogP contribution is 2.13. The predicted octanol–water partition coefficient (Wildman–Crippen LogP) is 11.3. The van der Waals surface area contributed by atoms with Crippen LogP contribution in [-0.4, -0.2) is 36.4 Å². The van der Waals surface area contributed by atoms with Gasteiger partial charge in [-0.25, -0.2) is 0 Å². The first-order chi connectivity index (χ1) is 21.6. The van der Waals surface area contributed by atoms with Crippen LogP contribution in [0.15, 0.2) is 36.5 Å². The first kappa shape index (κ1) is 42.1. The number of carbonyl (C=O) groups is 2. The van der Waals surface area contributed by atoms with Crippen LogP contribution in [0.25, 0.3) is 0 Å². The molecule has 0 rings (SSSR count). The summed E-state index contributed by atoms with van der Waals surface area (Å²) >= 11 is 0. The zero-order valence-corrected chi connectivity index (χ0v) is 28.9. The number of aliphatic hydroxyl groups excluding tert-OH is 1. The van der Waals surface area contributed by atoms with E-state index in [2.05, 4.69) is 50.3 Å². The van der Waals surface area contributed by atoms with Crippen LogP contribution in [0.2, 0.25) is 0 Å². The normalized spacial score (nSPS) is 12.5. The highest BCUT2D eigenvalue weighted by atomic mass is 16.6. The number of aliphatic hydroxyl groups is 1. The molecule has 0 heterocycles. The number of ether oxygens (including phenoxy) is 2. The molecular weight excluding hydrogens is 548 g/mol. The summed E-state index contributed by atoms with van der Waals surface area (Å²) in [7, 11) is 0. The summed E-state index contributed by atoms with van der Waals surface area (Å²) in [4.78, 5) is 24.2. The smallest absolute Gasteiger partial charge is 0.306 e. The monoisotopic (exact) mass is 619 g/mol. The average molecular weight is 619 g/mol. The van der Waals surface area contributed by atoms with Crippen LogP contribution in [0, 0.1) is 0 Å². The van der Waals surface area contributed by atoms with Crippen LogP contribution in [0.5, 0.6) is 0 Å². The minimum Gasteiger partial charge on any atom is -0.462 e. The predicted molar refractivity (Wildman–Crippen MR) is 187 cm³/mol. The maximum Gasteiger partial charge on any atom is 0.306 e. The Kier molecular flexibility index (Phi) is 34.1. The summed E-state index contributed by atoms with van der Waals surface area (Å²) in [6.07, 6.45) is 41.9. The second kappa shape index (κ2) is 35.6.